The third-order valence-electron chi connectivity index (χ3n) is 3.00. The van der Waals surface area contributed by atoms with E-state index in [4.69, 9.17) is 9.47 Å². The van der Waals surface area contributed by atoms with Gasteiger partial charge in [0.05, 0.1) is 13.7 Å². The lowest BCUT2D eigenvalue weighted by Gasteiger charge is -2.02. The first-order chi connectivity index (χ1) is 10.3. The number of rotatable bonds is 9. The van der Waals surface area contributed by atoms with E-state index >= 15 is 0 Å². The molecule has 0 unspecified atom stereocenters. The van der Waals surface area contributed by atoms with Crippen LogP contribution in [0.2, 0.25) is 0 Å². The minimum absolute atomic E-state index is 0.733. The van der Waals surface area contributed by atoms with Gasteiger partial charge in [0.1, 0.15) is 15.8 Å². The molecule has 6 heteroatoms. The molecule has 0 fully saturated rings. The quantitative estimate of drug-likeness (QED) is 0.717. The second-order valence-corrected chi connectivity index (χ2v) is 5.76. The zero-order chi connectivity index (χ0) is 14.9. The van der Waals surface area contributed by atoms with Gasteiger partial charge in [-0.25, -0.2) is 0 Å². The SMILES string of the molecule is COCCNCCc1nnc(Cc2cccc(OC)c2)s1. The molecule has 0 aliphatic heterocycles. The van der Waals surface area contributed by atoms with Crippen molar-refractivity contribution < 1.29 is 9.47 Å². The van der Waals surface area contributed by atoms with Crippen molar-refractivity contribution in [2.45, 2.75) is 12.8 Å². The highest BCUT2D eigenvalue weighted by Crippen LogP contribution is 2.18. The molecule has 21 heavy (non-hydrogen) atoms. The van der Waals surface area contributed by atoms with E-state index in [1.807, 2.05) is 18.2 Å². The summed E-state index contributed by atoms with van der Waals surface area (Å²) in [6, 6.07) is 8.06. The number of methoxy groups -OCH3 is 2. The zero-order valence-electron chi connectivity index (χ0n) is 12.5. The van der Waals surface area contributed by atoms with Crippen LogP contribution in [-0.4, -0.2) is 44.1 Å². The molecule has 5 nitrogen and oxygen atoms in total. The normalized spacial score (nSPS) is 10.8. The molecule has 0 aliphatic carbocycles. The molecule has 0 amide bonds. The van der Waals surface area contributed by atoms with Crippen molar-refractivity contribution in [1.82, 2.24) is 15.5 Å². The Morgan fingerprint density at radius 2 is 2.00 bits per heavy atom. The fourth-order valence-corrected chi connectivity index (χ4v) is 2.79. The molecule has 0 atom stereocenters. The van der Waals surface area contributed by atoms with Crippen LogP contribution in [0.4, 0.5) is 0 Å². The van der Waals surface area contributed by atoms with E-state index in [9.17, 15) is 0 Å². The predicted molar refractivity (Wildman–Crippen MR) is 84.2 cm³/mol. The lowest BCUT2D eigenvalue weighted by molar-refractivity contribution is 0.199. The van der Waals surface area contributed by atoms with Gasteiger partial charge >= 0.3 is 0 Å². The van der Waals surface area contributed by atoms with Gasteiger partial charge in [0.2, 0.25) is 0 Å². The van der Waals surface area contributed by atoms with Gasteiger partial charge in [0.25, 0.3) is 0 Å². The molecule has 1 heterocycles. The average molecular weight is 307 g/mol. The van der Waals surface area contributed by atoms with Crippen LogP contribution in [0, 0.1) is 0 Å². The molecule has 0 saturated heterocycles. The standard InChI is InChI=1S/C15H21N3O2S/c1-19-9-8-16-7-6-14-17-18-15(21-14)11-12-4-3-5-13(10-12)20-2/h3-5,10,16H,6-9,11H2,1-2H3. The van der Waals surface area contributed by atoms with Crippen LogP contribution in [-0.2, 0) is 17.6 Å². The second-order valence-electron chi connectivity index (χ2n) is 4.61. The van der Waals surface area contributed by atoms with Gasteiger partial charge in [-0.1, -0.05) is 12.1 Å². The van der Waals surface area contributed by atoms with Crippen LogP contribution in [0.3, 0.4) is 0 Å². The first kappa shape index (κ1) is 15.9. The Labute approximate surface area is 129 Å². The van der Waals surface area contributed by atoms with E-state index in [0.717, 1.165) is 48.3 Å². The summed E-state index contributed by atoms with van der Waals surface area (Å²) in [5.74, 6) is 0.875. The van der Waals surface area contributed by atoms with Crippen LogP contribution in [0.1, 0.15) is 15.6 Å². The third-order valence-corrected chi connectivity index (χ3v) is 3.98. The summed E-state index contributed by atoms with van der Waals surface area (Å²) in [4.78, 5) is 0. The van der Waals surface area contributed by atoms with Gasteiger partial charge in [0.15, 0.2) is 0 Å². The third kappa shape index (κ3) is 5.41. The summed E-state index contributed by atoms with van der Waals surface area (Å²) in [6.07, 6.45) is 1.70. The van der Waals surface area contributed by atoms with Crippen molar-refractivity contribution in [3.8, 4) is 5.75 Å². The van der Waals surface area contributed by atoms with E-state index in [1.54, 1.807) is 25.6 Å². The van der Waals surface area contributed by atoms with Crippen molar-refractivity contribution in [1.29, 1.82) is 0 Å². The number of hydrogen-bond acceptors (Lipinski definition) is 6. The number of ether oxygens (including phenoxy) is 2. The average Bonchev–Trinajstić information content (AvgIpc) is 2.95. The molecule has 2 aromatic rings. The van der Waals surface area contributed by atoms with Gasteiger partial charge in [-0.2, -0.15) is 0 Å². The van der Waals surface area contributed by atoms with Crippen LogP contribution in [0.15, 0.2) is 24.3 Å². The monoisotopic (exact) mass is 307 g/mol. The zero-order valence-corrected chi connectivity index (χ0v) is 13.3. The molecule has 1 aromatic heterocycles. The Morgan fingerprint density at radius 1 is 1.14 bits per heavy atom. The molecular weight excluding hydrogens is 286 g/mol. The first-order valence-electron chi connectivity index (χ1n) is 6.95. The highest BCUT2D eigenvalue weighted by molar-refractivity contribution is 7.11. The van der Waals surface area contributed by atoms with E-state index in [2.05, 4.69) is 21.6 Å². The Hall–Kier alpha value is -1.50. The molecule has 1 N–H and O–H groups in total. The van der Waals surface area contributed by atoms with E-state index < -0.39 is 0 Å². The lowest BCUT2D eigenvalue weighted by Crippen LogP contribution is -2.21. The summed E-state index contributed by atoms with van der Waals surface area (Å²) in [6.45, 7) is 2.50. The summed E-state index contributed by atoms with van der Waals surface area (Å²) >= 11 is 1.67. The van der Waals surface area contributed by atoms with Crippen molar-refractivity contribution in [2.24, 2.45) is 0 Å². The topological polar surface area (TPSA) is 56.3 Å². The van der Waals surface area contributed by atoms with Crippen molar-refractivity contribution in [3.05, 3.63) is 39.8 Å². The number of aromatic nitrogens is 2. The van der Waals surface area contributed by atoms with Gasteiger partial charge < -0.3 is 14.8 Å². The van der Waals surface area contributed by atoms with Crippen LogP contribution in [0.5, 0.6) is 5.75 Å². The fraction of sp³-hybridized carbons (Fsp3) is 0.467. The minimum atomic E-state index is 0.733. The van der Waals surface area contributed by atoms with Crippen LogP contribution >= 0.6 is 11.3 Å². The summed E-state index contributed by atoms with van der Waals surface area (Å²) in [5.41, 5.74) is 1.19. The maximum atomic E-state index is 5.23. The predicted octanol–water partition coefficient (Wildman–Crippen LogP) is 1.92. The Balaban J connectivity index is 1.82. The van der Waals surface area contributed by atoms with Gasteiger partial charge in [-0.15, -0.1) is 21.5 Å². The number of benzene rings is 1. The molecule has 0 radical (unpaired) electrons. The highest BCUT2D eigenvalue weighted by Gasteiger charge is 2.06. The van der Waals surface area contributed by atoms with Crippen molar-refractivity contribution in [2.75, 3.05) is 33.9 Å². The first-order valence-corrected chi connectivity index (χ1v) is 7.77. The number of hydrogen-bond donors (Lipinski definition) is 1. The maximum Gasteiger partial charge on any atom is 0.121 e. The molecule has 0 saturated carbocycles. The Bertz CT molecular complexity index is 545. The van der Waals surface area contributed by atoms with Gasteiger partial charge in [-0.05, 0) is 17.7 Å². The lowest BCUT2D eigenvalue weighted by atomic mass is 10.1. The number of nitrogens with one attached hydrogen (secondary N) is 1. The summed E-state index contributed by atoms with van der Waals surface area (Å²) < 4.78 is 10.2. The molecule has 0 aliphatic rings. The minimum Gasteiger partial charge on any atom is -0.497 e. The molecule has 0 spiro atoms. The van der Waals surface area contributed by atoms with Crippen molar-refractivity contribution >= 4 is 11.3 Å². The van der Waals surface area contributed by atoms with Crippen LogP contribution < -0.4 is 10.1 Å². The van der Waals surface area contributed by atoms with Crippen molar-refractivity contribution in [3.63, 3.8) is 0 Å². The Kier molecular flexibility index (Phi) is 6.59. The van der Waals surface area contributed by atoms with E-state index in [1.165, 1.54) is 5.56 Å². The fourth-order valence-electron chi connectivity index (χ4n) is 1.91. The molecule has 2 rings (SSSR count). The smallest absolute Gasteiger partial charge is 0.121 e. The van der Waals surface area contributed by atoms with Gasteiger partial charge in [0, 0.05) is 33.0 Å². The molecule has 1 aromatic carbocycles. The largest absolute Gasteiger partial charge is 0.497 e. The second kappa shape index (κ2) is 8.71. The summed E-state index contributed by atoms with van der Waals surface area (Å²) in [5, 5.41) is 13.9. The maximum absolute atomic E-state index is 5.23. The van der Waals surface area contributed by atoms with Crippen LogP contribution in [0.25, 0.3) is 0 Å². The molecular formula is C15H21N3O2S. The summed E-state index contributed by atoms with van der Waals surface area (Å²) in [7, 11) is 3.38. The van der Waals surface area contributed by atoms with E-state index in [-0.39, 0.29) is 0 Å². The van der Waals surface area contributed by atoms with Gasteiger partial charge in [-0.3, -0.25) is 0 Å². The molecule has 0 bridgehead atoms. The Morgan fingerprint density at radius 3 is 2.81 bits per heavy atom. The number of nitrogens with zero attached hydrogens (tertiary/aromatic N) is 2. The van der Waals surface area contributed by atoms with E-state index in [0.29, 0.717) is 0 Å². The molecule has 114 valence electrons. The highest BCUT2D eigenvalue weighted by atomic mass is 32.1.